The first kappa shape index (κ1) is 21.1. The molecule has 1 atom stereocenters. The quantitative estimate of drug-likeness (QED) is 0.560. The number of methoxy groups -OCH3 is 1. The van der Waals surface area contributed by atoms with Gasteiger partial charge in [0.25, 0.3) is 0 Å². The molecule has 1 amide bonds. The molecule has 7 heteroatoms. The number of carbonyl (C=O) groups is 1. The van der Waals surface area contributed by atoms with E-state index in [4.69, 9.17) is 9.15 Å². The molecule has 1 saturated carbocycles. The molecule has 3 aromatic rings. The van der Waals surface area contributed by atoms with E-state index in [2.05, 4.69) is 38.7 Å². The Balaban J connectivity index is 1.23. The molecule has 0 spiro atoms. The van der Waals surface area contributed by atoms with Crippen molar-refractivity contribution in [3.8, 4) is 5.75 Å². The molecule has 168 valence electrons. The van der Waals surface area contributed by atoms with Crippen LogP contribution in [0.1, 0.15) is 29.5 Å². The van der Waals surface area contributed by atoms with Crippen molar-refractivity contribution in [1.29, 1.82) is 0 Å². The summed E-state index contributed by atoms with van der Waals surface area (Å²) in [6, 6.07) is 16.3. The summed E-state index contributed by atoms with van der Waals surface area (Å²) in [6.45, 7) is 4.22. The number of amides is 1. The summed E-state index contributed by atoms with van der Waals surface area (Å²) >= 11 is 1.68. The lowest BCUT2D eigenvalue weighted by atomic mass is 10.0. The Morgan fingerprint density at radius 2 is 1.91 bits per heavy atom. The molecular formula is C25H29N3O3S. The van der Waals surface area contributed by atoms with Crippen molar-refractivity contribution in [2.24, 2.45) is 0 Å². The number of thiophene rings is 1. The predicted octanol–water partition coefficient (Wildman–Crippen LogP) is 4.06. The molecule has 2 fully saturated rings. The maximum Gasteiger partial charge on any atom is 0.231 e. The van der Waals surface area contributed by atoms with Gasteiger partial charge in [-0.05, 0) is 60.7 Å². The van der Waals surface area contributed by atoms with Gasteiger partial charge >= 0.3 is 0 Å². The van der Waals surface area contributed by atoms with Gasteiger partial charge in [-0.15, -0.1) is 11.3 Å². The standard InChI is InChI=1S/C25H29N3O3S/c1-30-20-8-6-19(7-9-20)27-12-14-28(15-13-27)21(22-4-2-16-31-22)18-26-24(29)25(10-11-25)23-5-3-17-32-23/h2-9,16-17,21H,10-15,18H2,1H3,(H,26,29). The van der Waals surface area contributed by atoms with Crippen LogP contribution in [0, 0.1) is 0 Å². The van der Waals surface area contributed by atoms with Gasteiger partial charge in [0.1, 0.15) is 11.5 Å². The smallest absolute Gasteiger partial charge is 0.231 e. The van der Waals surface area contributed by atoms with E-state index >= 15 is 0 Å². The van der Waals surface area contributed by atoms with Gasteiger partial charge in [-0.3, -0.25) is 9.69 Å². The SMILES string of the molecule is COc1ccc(N2CCN(C(CNC(=O)C3(c4cccs4)CC3)c3ccco3)CC2)cc1. The van der Waals surface area contributed by atoms with E-state index in [1.807, 2.05) is 30.3 Å². The third-order valence-electron chi connectivity index (χ3n) is 6.70. The molecule has 6 nitrogen and oxygen atoms in total. The zero-order valence-corrected chi connectivity index (χ0v) is 19.1. The molecule has 5 rings (SSSR count). The summed E-state index contributed by atoms with van der Waals surface area (Å²) < 4.78 is 11.0. The van der Waals surface area contributed by atoms with Gasteiger partial charge in [-0.2, -0.15) is 0 Å². The van der Waals surface area contributed by atoms with Gasteiger partial charge in [0.05, 0.1) is 24.8 Å². The fourth-order valence-electron chi connectivity index (χ4n) is 4.60. The van der Waals surface area contributed by atoms with Gasteiger partial charge in [0.15, 0.2) is 0 Å². The molecule has 3 heterocycles. The number of furan rings is 1. The number of nitrogens with one attached hydrogen (secondary N) is 1. The maximum absolute atomic E-state index is 13.1. The summed E-state index contributed by atoms with van der Waals surface area (Å²) in [4.78, 5) is 19.1. The van der Waals surface area contributed by atoms with E-state index in [1.165, 1.54) is 10.6 Å². The average molecular weight is 452 g/mol. The van der Waals surface area contributed by atoms with Crippen LogP contribution in [0.15, 0.2) is 64.6 Å². The summed E-state index contributed by atoms with van der Waals surface area (Å²) in [6.07, 6.45) is 3.59. The first-order chi connectivity index (χ1) is 15.7. The van der Waals surface area contributed by atoms with Crippen LogP contribution < -0.4 is 15.0 Å². The lowest BCUT2D eigenvalue weighted by molar-refractivity contribution is -0.123. The molecule has 32 heavy (non-hydrogen) atoms. The molecule has 1 aromatic carbocycles. The largest absolute Gasteiger partial charge is 0.497 e. The second-order valence-electron chi connectivity index (χ2n) is 8.52. The summed E-state index contributed by atoms with van der Waals surface area (Å²) in [5, 5.41) is 5.31. The highest BCUT2D eigenvalue weighted by molar-refractivity contribution is 7.10. The van der Waals surface area contributed by atoms with Gasteiger partial charge in [0, 0.05) is 43.3 Å². The molecule has 1 aliphatic carbocycles. The predicted molar refractivity (Wildman–Crippen MR) is 126 cm³/mol. The molecule has 1 aliphatic heterocycles. The van der Waals surface area contributed by atoms with E-state index in [0.29, 0.717) is 6.54 Å². The summed E-state index contributed by atoms with van der Waals surface area (Å²) in [5.41, 5.74) is 0.898. The number of carbonyl (C=O) groups excluding carboxylic acids is 1. The molecule has 1 N–H and O–H groups in total. The van der Waals surface area contributed by atoms with Crippen LogP contribution >= 0.6 is 11.3 Å². The number of hydrogen-bond donors (Lipinski definition) is 1. The Morgan fingerprint density at radius 1 is 1.12 bits per heavy atom. The monoisotopic (exact) mass is 451 g/mol. The molecule has 0 bridgehead atoms. The first-order valence-corrected chi connectivity index (χ1v) is 12.1. The lowest BCUT2D eigenvalue weighted by Gasteiger charge is -2.39. The van der Waals surface area contributed by atoms with Crippen molar-refractivity contribution < 1.29 is 13.9 Å². The fraction of sp³-hybridized carbons (Fsp3) is 0.400. The van der Waals surface area contributed by atoms with Crippen molar-refractivity contribution in [1.82, 2.24) is 10.2 Å². The van der Waals surface area contributed by atoms with Crippen molar-refractivity contribution in [3.63, 3.8) is 0 Å². The number of nitrogens with zero attached hydrogens (tertiary/aromatic N) is 2. The second-order valence-corrected chi connectivity index (χ2v) is 9.47. The normalized spacial score (nSPS) is 18.8. The molecule has 2 aliphatic rings. The third-order valence-corrected chi connectivity index (χ3v) is 7.77. The zero-order chi connectivity index (χ0) is 22.0. The van der Waals surface area contributed by atoms with E-state index in [1.54, 1.807) is 24.7 Å². The van der Waals surface area contributed by atoms with Crippen LogP contribution in [-0.4, -0.2) is 50.6 Å². The van der Waals surface area contributed by atoms with Crippen LogP contribution in [0.2, 0.25) is 0 Å². The third kappa shape index (κ3) is 4.14. The van der Waals surface area contributed by atoms with Crippen LogP contribution in [0.3, 0.4) is 0 Å². The number of piperazine rings is 1. The number of hydrogen-bond acceptors (Lipinski definition) is 6. The number of anilines is 1. The number of benzene rings is 1. The van der Waals surface area contributed by atoms with E-state index in [9.17, 15) is 4.79 Å². The minimum Gasteiger partial charge on any atom is -0.497 e. The van der Waals surface area contributed by atoms with Crippen molar-refractivity contribution in [3.05, 3.63) is 70.8 Å². The van der Waals surface area contributed by atoms with Crippen LogP contribution in [0.5, 0.6) is 5.75 Å². The molecule has 0 radical (unpaired) electrons. The summed E-state index contributed by atoms with van der Waals surface area (Å²) in [7, 11) is 1.69. The Morgan fingerprint density at radius 3 is 2.50 bits per heavy atom. The molecule has 1 unspecified atom stereocenters. The van der Waals surface area contributed by atoms with Crippen LogP contribution in [-0.2, 0) is 10.2 Å². The van der Waals surface area contributed by atoms with E-state index in [0.717, 1.165) is 50.5 Å². The summed E-state index contributed by atoms with van der Waals surface area (Å²) in [5.74, 6) is 1.93. The minimum atomic E-state index is -0.311. The zero-order valence-electron chi connectivity index (χ0n) is 18.3. The topological polar surface area (TPSA) is 58.0 Å². The number of ether oxygens (including phenoxy) is 1. The Kier molecular flexibility index (Phi) is 5.93. The molecule has 2 aromatic heterocycles. The van der Waals surface area contributed by atoms with Gasteiger partial charge in [-0.25, -0.2) is 0 Å². The van der Waals surface area contributed by atoms with Crippen molar-refractivity contribution in [2.75, 3.05) is 44.7 Å². The highest BCUT2D eigenvalue weighted by Gasteiger charge is 2.52. The Bertz CT molecular complexity index is 1010. The van der Waals surface area contributed by atoms with E-state index < -0.39 is 0 Å². The second kappa shape index (κ2) is 9.00. The highest BCUT2D eigenvalue weighted by atomic mass is 32.1. The van der Waals surface area contributed by atoms with Gasteiger partial charge in [0.2, 0.25) is 5.91 Å². The van der Waals surface area contributed by atoms with Gasteiger partial charge in [-0.1, -0.05) is 6.07 Å². The molecule has 1 saturated heterocycles. The number of rotatable bonds is 8. The Hall–Kier alpha value is -2.77. The fourth-order valence-corrected chi connectivity index (χ4v) is 5.58. The lowest BCUT2D eigenvalue weighted by Crippen LogP contribution is -2.50. The maximum atomic E-state index is 13.1. The average Bonchev–Trinajstić information content (AvgIpc) is 3.21. The highest BCUT2D eigenvalue weighted by Crippen LogP contribution is 2.50. The van der Waals surface area contributed by atoms with E-state index in [-0.39, 0.29) is 17.4 Å². The van der Waals surface area contributed by atoms with Crippen molar-refractivity contribution >= 4 is 22.9 Å². The minimum absolute atomic E-state index is 0.0334. The van der Waals surface area contributed by atoms with Crippen LogP contribution in [0.4, 0.5) is 5.69 Å². The Labute approximate surface area is 192 Å². The molecular weight excluding hydrogens is 422 g/mol. The van der Waals surface area contributed by atoms with Crippen molar-refractivity contribution in [2.45, 2.75) is 24.3 Å². The first-order valence-electron chi connectivity index (χ1n) is 11.2. The van der Waals surface area contributed by atoms with Gasteiger partial charge < -0.3 is 19.4 Å². The van der Waals surface area contributed by atoms with Crippen LogP contribution in [0.25, 0.3) is 0 Å².